The van der Waals surface area contributed by atoms with E-state index >= 15 is 0 Å². The topological polar surface area (TPSA) is 47.6 Å². The lowest BCUT2D eigenvalue weighted by atomic mass is 10.3. The molecule has 4 nitrogen and oxygen atoms in total. The van der Waals surface area contributed by atoms with Gasteiger partial charge in [-0.15, -0.1) is 22.9 Å². The number of hydrogen-bond donors (Lipinski definition) is 1. The molecule has 1 amide bonds. The molecule has 0 bridgehead atoms. The van der Waals surface area contributed by atoms with E-state index in [4.69, 9.17) is 21.1 Å². The third-order valence-electron chi connectivity index (χ3n) is 1.92. The number of halogens is 1. The second-order valence-corrected chi connectivity index (χ2v) is 4.35. The number of carbonyl (C=O) groups excluding carboxylic acids is 1. The Morgan fingerprint density at radius 2 is 2.38 bits per heavy atom. The van der Waals surface area contributed by atoms with Crippen LogP contribution in [0.5, 0.6) is 5.75 Å². The van der Waals surface area contributed by atoms with E-state index in [2.05, 4.69) is 5.32 Å². The van der Waals surface area contributed by atoms with Gasteiger partial charge in [-0.25, -0.2) is 0 Å². The first-order valence-corrected chi connectivity index (χ1v) is 6.11. The fraction of sp³-hybridized carbons (Fsp3) is 0.500. The predicted octanol–water partition coefficient (Wildman–Crippen LogP) is 1.74. The number of thiophene rings is 1. The summed E-state index contributed by atoms with van der Waals surface area (Å²) in [4.78, 5) is 12.3. The molecule has 1 aromatic rings. The van der Waals surface area contributed by atoms with Crippen LogP contribution in [0.3, 0.4) is 0 Å². The van der Waals surface area contributed by atoms with Crippen molar-refractivity contribution in [3.63, 3.8) is 0 Å². The summed E-state index contributed by atoms with van der Waals surface area (Å²) in [5, 5.41) is 4.56. The third-order valence-corrected chi connectivity index (χ3v) is 3.20. The summed E-state index contributed by atoms with van der Waals surface area (Å²) in [6.45, 7) is 0.401. The first-order valence-electron chi connectivity index (χ1n) is 4.69. The molecular formula is C10H14ClNO3S. The van der Waals surface area contributed by atoms with Crippen LogP contribution in [0, 0.1) is 0 Å². The summed E-state index contributed by atoms with van der Waals surface area (Å²) in [6, 6.07) is 1.52. The van der Waals surface area contributed by atoms with Crippen LogP contribution in [0.2, 0.25) is 0 Å². The zero-order valence-electron chi connectivity index (χ0n) is 9.16. The van der Waals surface area contributed by atoms with Crippen molar-refractivity contribution in [2.24, 2.45) is 0 Å². The highest BCUT2D eigenvalue weighted by atomic mass is 35.5. The van der Waals surface area contributed by atoms with Crippen LogP contribution >= 0.6 is 22.9 Å². The van der Waals surface area contributed by atoms with E-state index in [1.165, 1.54) is 11.3 Å². The number of carbonyl (C=O) groups is 1. The van der Waals surface area contributed by atoms with Crippen molar-refractivity contribution in [2.75, 3.05) is 26.7 Å². The monoisotopic (exact) mass is 263 g/mol. The lowest BCUT2D eigenvalue weighted by Gasteiger charge is -2.13. The number of rotatable bonds is 6. The van der Waals surface area contributed by atoms with Gasteiger partial charge in [-0.3, -0.25) is 4.79 Å². The van der Waals surface area contributed by atoms with Crippen molar-refractivity contribution in [1.29, 1.82) is 0 Å². The van der Waals surface area contributed by atoms with E-state index in [9.17, 15) is 4.79 Å². The Bertz CT molecular complexity index is 343. The van der Waals surface area contributed by atoms with E-state index in [0.717, 1.165) is 0 Å². The standard InChI is InChI=1S/C10H14ClNO3S/c1-14-5-7(4-11)12-10(13)9-3-8(15-2)6-16-9/h3,6-7H,4-5H2,1-2H3,(H,12,13). The highest BCUT2D eigenvalue weighted by Gasteiger charge is 2.14. The Balaban J connectivity index is 2.56. The van der Waals surface area contributed by atoms with E-state index in [-0.39, 0.29) is 11.9 Å². The molecule has 0 aromatic carbocycles. The van der Waals surface area contributed by atoms with Gasteiger partial charge < -0.3 is 14.8 Å². The van der Waals surface area contributed by atoms with Gasteiger partial charge in [0.2, 0.25) is 0 Å². The predicted molar refractivity (Wildman–Crippen MR) is 64.7 cm³/mol. The van der Waals surface area contributed by atoms with Gasteiger partial charge >= 0.3 is 0 Å². The maximum absolute atomic E-state index is 11.7. The SMILES string of the molecule is COCC(CCl)NC(=O)c1cc(OC)cs1. The summed E-state index contributed by atoms with van der Waals surface area (Å²) in [5.74, 6) is 0.850. The average molecular weight is 264 g/mol. The van der Waals surface area contributed by atoms with Gasteiger partial charge in [0.25, 0.3) is 5.91 Å². The van der Waals surface area contributed by atoms with Crippen LogP contribution in [-0.4, -0.2) is 38.7 Å². The van der Waals surface area contributed by atoms with E-state index in [1.807, 2.05) is 0 Å². The molecule has 90 valence electrons. The molecule has 0 aliphatic heterocycles. The Labute approximate surface area is 104 Å². The average Bonchev–Trinajstić information content (AvgIpc) is 2.76. The Morgan fingerprint density at radius 1 is 1.62 bits per heavy atom. The highest BCUT2D eigenvalue weighted by Crippen LogP contribution is 2.20. The van der Waals surface area contributed by atoms with Gasteiger partial charge in [0.05, 0.1) is 24.6 Å². The van der Waals surface area contributed by atoms with Crippen LogP contribution in [0.4, 0.5) is 0 Å². The second kappa shape index (κ2) is 6.73. The highest BCUT2D eigenvalue weighted by molar-refractivity contribution is 7.12. The molecule has 1 aromatic heterocycles. The van der Waals surface area contributed by atoms with Crippen molar-refractivity contribution in [3.05, 3.63) is 16.3 Å². The Hall–Kier alpha value is -0.780. The van der Waals surface area contributed by atoms with Crippen molar-refractivity contribution in [3.8, 4) is 5.75 Å². The molecule has 0 aliphatic carbocycles. The number of methoxy groups -OCH3 is 2. The lowest BCUT2D eigenvalue weighted by molar-refractivity contribution is 0.0910. The molecule has 0 saturated carbocycles. The summed E-state index contributed by atoms with van der Waals surface area (Å²) in [6.07, 6.45) is 0. The zero-order chi connectivity index (χ0) is 12.0. The van der Waals surface area contributed by atoms with Gasteiger partial charge in [-0.1, -0.05) is 0 Å². The Kier molecular flexibility index (Phi) is 5.59. The van der Waals surface area contributed by atoms with Crippen LogP contribution < -0.4 is 10.1 Å². The number of nitrogens with one attached hydrogen (secondary N) is 1. The number of hydrogen-bond acceptors (Lipinski definition) is 4. The summed E-state index contributed by atoms with van der Waals surface area (Å²) >= 11 is 7.03. The fourth-order valence-electron chi connectivity index (χ4n) is 1.13. The molecule has 0 saturated heterocycles. The minimum absolute atomic E-state index is 0.156. The maximum atomic E-state index is 11.7. The van der Waals surface area contributed by atoms with Crippen LogP contribution in [-0.2, 0) is 4.74 Å². The van der Waals surface area contributed by atoms with Crippen molar-refractivity contribution in [2.45, 2.75) is 6.04 Å². The molecule has 1 N–H and O–H groups in total. The summed E-state index contributed by atoms with van der Waals surface area (Å²) in [5.41, 5.74) is 0. The molecular weight excluding hydrogens is 250 g/mol. The van der Waals surface area contributed by atoms with Crippen molar-refractivity contribution >= 4 is 28.8 Å². The summed E-state index contributed by atoms with van der Waals surface area (Å²) < 4.78 is 9.94. The molecule has 1 rings (SSSR count). The minimum atomic E-state index is -0.174. The third kappa shape index (κ3) is 3.66. The molecule has 6 heteroatoms. The van der Waals surface area contributed by atoms with Gasteiger partial charge in [0, 0.05) is 24.4 Å². The molecule has 0 spiro atoms. The molecule has 1 heterocycles. The van der Waals surface area contributed by atoms with Crippen molar-refractivity contribution < 1.29 is 14.3 Å². The summed E-state index contributed by atoms with van der Waals surface area (Å²) in [7, 11) is 3.14. The molecule has 1 unspecified atom stereocenters. The number of amides is 1. The van der Waals surface area contributed by atoms with Crippen LogP contribution in [0.1, 0.15) is 9.67 Å². The van der Waals surface area contributed by atoms with Crippen molar-refractivity contribution in [1.82, 2.24) is 5.32 Å². The molecule has 16 heavy (non-hydrogen) atoms. The zero-order valence-corrected chi connectivity index (χ0v) is 10.7. The largest absolute Gasteiger partial charge is 0.496 e. The maximum Gasteiger partial charge on any atom is 0.261 e. The first kappa shape index (κ1) is 13.3. The van der Waals surface area contributed by atoms with Gasteiger partial charge in [-0.05, 0) is 0 Å². The van der Waals surface area contributed by atoms with Crippen LogP contribution in [0.15, 0.2) is 11.4 Å². The first-order chi connectivity index (χ1) is 7.71. The van der Waals surface area contributed by atoms with E-state index in [0.29, 0.717) is 23.1 Å². The molecule has 1 atom stereocenters. The van der Waals surface area contributed by atoms with Crippen LogP contribution in [0.25, 0.3) is 0 Å². The lowest BCUT2D eigenvalue weighted by Crippen LogP contribution is -2.39. The minimum Gasteiger partial charge on any atom is -0.496 e. The van der Waals surface area contributed by atoms with Gasteiger partial charge in [-0.2, -0.15) is 0 Å². The molecule has 0 radical (unpaired) electrons. The molecule has 0 fully saturated rings. The Morgan fingerprint density at radius 3 is 2.88 bits per heavy atom. The van der Waals surface area contributed by atoms with Gasteiger partial charge in [0.15, 0.2) is 0 Å². The molecule has 0 aliphatic rings. The quantitative estimate of drug-likeness (QED) is 0.796. The number of alkyl halides is 1. The fourth-order valence-corrected chi connectivity index (χ4v) is 2.05. The van der Waals surface area contributed by atoms with Gasteiger partial charge in [0.1, 0.15) is 5.75 Å². The smallest absolute Gasteiger partial charge is 0.261 e. The normalized spacial score (nSPS) is 12.2. The number of ether oxygens (including phenoxy) is 2. The van der Waals surface area contributed by atoms with E-state index in [1.54, 1.807) is 25.7 Å². The second-order valence-electron chi connectivity index (χ2n) is 3.13. The van der Waals surface area contributed by atoms with E-state index < -0.39 is 0 Å².